The zero-order valence-corrected chi connectivity index (χ0v) is 12.4. The highest BCUT2D eigenvalue weighted by atomic mass is 16.5. The van der Waals surface area contributed by atoms with Crippen molar-refractivity contribution >= 4 is 0 Å². The standard InChI is InChI=1S/C15H30N2O/c1-14(2,18-3)8-11-17-10-5-7-15(13-17)6-4-9-16-12-15/h16H,4-13H2,1-3H3. The van der Waals surface area contributed by atoms with Crippen LogP contribution in [0.5, 0.6) is 0 Å². The van der Waals surface area contributed by atoms with E-state index in [1.807, 2.05) is 7.11 Å². The molecule has 2 aliphatic heterocycles. The van der Waals surface area contributed by atoms with Crippen LogP contribution < -0.4 is 5.32 Å². The fraction of sp³-hybridized carbons (Fsp3) is 1.00. The molecule has 1 spiro atoms. The SMILES string of the molecule is COC(C)(C)CCN1CCCC2(CCCNC2)C1. The third-order valence-electron chi connectivity index (χ3n) is 4.88. The smallest absolute Gasteiger partial charge is 0.0634 e. The lowest BCUT2D eigenvalue weighted by Gasteiger charge is -2.46. The normalized spacial score (nSPS) is 30.8. The lowest BCUT2D eigenvalue weighted by atomic mass is 9.74. The van der Waals surface area contributed by atoms with E-state index in [4.69, 9.17) is 4.74 Å². The van der Waals surface area contributed by atoms with Crippen molar-refractivity contribution in [3.8, 4) is 0 Å². The van der Waals surface area contributed by atoms with Gasteiger partial charge in [0.05, 0.1) is 5.60 Å². The van der Waals surface area contributed by atoms with Gasteiger partial charge >= 0.3 is 0 Å². The third kappa shape index (κ3) is 3.69. The van der Waals surface area contributed by atoms with Crippen molar-refractivity contribution in [2.75, 3.05) is 39.8 Å². The van der Waals surface area contributed by atoms with E-state index >= 15 is 0 Å². The van der Waals surface area contributed by atoms with Gasteiger partial charge in [-0.1, -0.05) is 0 Å². The minimum Gasteiger partial charge on any atom is -0.379 e. The summed E-state index contributed by atoms with van der Waals surface area (Å²) in [5.74, 6) is 0. The van der Waals surface area contributed by atoms with Gasteiger partial charge in [-0.25, -0.2) is 0 Å². The van der Waals surface area contributed by atoms with Crippen molar-refractivity contribution in [2.45, 2.75) is 51.6 Å². The van der Waals surface area contributed by atoms with E-state index in [0.29, 0.717) is 5.41 Å². The largest absolute Gasteiger partial charge is 0.379 e. The lowest BCUT2D eigenvalue weighted by molar-refractivity contribution is -0.00447. The van der Waals surface area contributed by atoms with Crippen molar-refractivity contribution < 1.29 is 4.74 Å². The van der Waals surface area contributed by atoms with E-state index in [1.165, 1.54) is 58.4 Å². The fourth-order valence-electron chi connectivity index (χ4n) is 3.41. The molecule has 0 aromatic carbocycles. The van der Waals surface area contributed by atoms with E-state index < -0.39 is 0 Å². The van der Waals surface area contributed by atoms with E-state index in [2.05, 4.69) is 24.1 Å². The first-order chi connectivity index (χ1) is 8.55. The van der Waals surface area contributed by atoms with Crippen molar-refractivity contribution in [3.63, 3.8) is 0 Å². The number of hydrogen-bond donors (Lipinski definition) is 1. The van der Waals surface area contributed by atoms with Gasteiger partial charge in [-0.3, -0.25) is 0 Å². The zero-order valence-electron chi connectivity index (χ0n) is 12.4. The molecule has 0 amide bonds. The van der Waals surface area contributed by atoms with Gasteiger partial charge in [0.15, 0.2) is 0 Å². The van der Waals surface area contributed by atoms with Crippen LogP contribution in [0, 0.1) is 5.41 Å². The maximum Gasteiger partial charge on any atom is 0.0634 e. The highest BCUT2D eigenvalue weighted by molar-refractivity contribution is 4.91. The molecule has 0 saturated carbocycles. The number of piperidine rings is 2. The average molecular weight is 254 g/mol. The number of nitrogens with one attached hydrogen (secondary N) is 1. The number of likely N-dealkylation sites (tertiary alicyclic amines) is 1. The fourth-order valence-corrected chi connectivity index (χ4v) is 3.41. The molecule has 2 heterocycles. The molecule has 0 bridgehead atoms. The third-order valence-corrected chi connectivity index (χ3v) is 4.88. The molecule has 1 unspecified atom stereocenters. The van der Waals surface area contributed by atoms with Gasteiger partial charge in [0.1, 0.15) is 0 Å². The molecule has 18 heavy (non-hydrogen) atoms. The molecule has 0 radical (unpaired) electrons. The molecule has 3 nitrogen and oxygen atoms in total. The first kappa shape index (κ1) is 14.3. The molecule has 1 N–H and O–H groups in total. The zero-order chi connectivity index (χ0) is 13.1. The second-order valence-electron chi connectivity index (χ2n) is 6.87. The Bertz CT molecular complexity index is 254. The quantitative estimate of drug-likeness (QED) is 0.833. The van der Waals surface area contributed by atoms with Crippen LogP contribution >= 0.6 is 0 Å². The maximum absolute atomic E-state index is 5.53. The maximum atomic E-state index is 5.53. The Hall–Kier alpha value is -0.120. The lowest BCUT2D eigenvalue weighted by Crippen LogP contribution is -2.51. The van der Waals surface area contributed by atoms with E-state index in [-0.39, 0.29) is 5.60 Å². The van der Waals surface area contributed by atoms with Gasteiger partial charge < -0.3 is 15.0 Å². The number of hydrogen-bond acceptors (Lipinski definition) is 3. The molecule has 2 rings (SSSR count). The Morgan fingerprint density at radius 3 is 2.72 bits per heavy atom. The van der Waals surface area contributed by atoms with Crippen molar-refractivity contribution in [3.05, 3.63) is 0 Å². The molecule has 0 aromatic heterocycles. The van der Waals surface area contributed by atoms with Crippen LogP contribution in [0.25, 0.3) is 0 Å². The van der Waals surface area contributed by atoms with E-state index in [1.54, 1.807) is 0 Å². The van der Waals surface area contributed by atoms with E-state index in [9.17, 15) is 0 Å². The second kappa shape index (κ2) is 5.89. The Morgan fingerprint density at radius 2 is 2.06 bits per heavy atom. The van der Waals surface area contributed by atoms with Crippen LogP contribution in [0.1, 0.15) is 46.0 Å². The summed E-state index contributed by atoms with van der Waals surface area (Å²) in [6, 6.07) is 0. The summed E-state index contributed by atoms with van der Waals surface area (Å²) in [5, 5.41) is 3.60. The monoisotopic (exact) mass is 254 g/mol. The summed E-state index contributed by atoms with van der Waals surface area (Å²) in [7, 11) is 1.82. The van der Waals surface area contributed by atoms with Crippen LogP contribution in [-0.2, 0) is 4.74 Å². The first-order valence-electron chi connectivity index (χ1n) is 7.54. The second-order valence-corrected chi connectivity index (χ2v) is 6.87. The predicted octanol–water partition coefficient (Wildman–Crippen LogP) is 2.27. The molecule has 2 saturated heterocycles. The number of ether oxygens (including phenoxy) is 1. The van der Waals surface area contributed by atoms with Gasteiger partial charge in [-0.05, 0) is 64.5 Å². The summed E-state index contributed by atoms with van der Waals surface area (Å²) in [6.45, 7) is 10.6. The van der Waals surface area contributed by atoms with Gasteiger partial charge in [-0.15, -0.1) is 0 Å². The summed E-state index contributed by atoms with van der Waals surface area (Å²) in [6.07, 6.45) is 6.70. The molecule has 0 aliphatic carbocycles. The van der Waals surface area contributed by atoms with Crippen LogP contribution in [-0.4, -0.2) is 50.3 Å². The Labute approximate surface area is 112 Å². The number of nitrogens with zero attached hydrogens (tertiary/aromatic N) is 1. The first-order valence-corrected chi connectivity index (χ1v) is 7.54. The number of methoxy groups -OCH3 is 1. The summed E-state index contributed by atoms with van der Waals surface area (Å²) in [4.78, 5) is 2.66. The van der Waals surface area contributed by atoms with Gasteiger partial charge in [-0.2, -0.15) is 0 Å². The van der Waals surface area contributed by atoms with Gasteiger partial charge in [0.2, 0.25) is 0 Å². The molecular weight excluding hydrogens is 224 g/mol. The average Bonchev–Trinajstić information content (AvgIpc) is 2.38. The molecule has 106 valence electrons. The highest BCUT2D eigenvalue weighted by Gasteiger charge is 2.36. The molecule has 2 fully saturated rings. The van der Waals surface area contributed by atoms with Crippen LogP contribution in [0.15, 0.2) is 0 Å². The van der Waals surface area contributed by atoms with Crippen LogP contribution in [0.3, 0.4) is 0 Å². The molecule has 2 aliphatic rings. The minimum absolute atomic E-state index is 0.0232. The van der Waals surface area contributed by atoms with Gasteiger partial charge in [0.25, 0.3) is 0 Å². The van der Waals surface area contributed by atoms with Crippen LogP contribution in [0.4, 0.5) is 0 Å². The molecule has 0 aromatic rings. The highest BCUT2D eigenvalue weighted by Crippen LogP contribution is 2.36. The number of rotatable bonds is 4. The molecule has 3 heteroatoms. The van der Waals surface area contributed by atoms with Crippen molar-refractivity contribution in [1.82, 2.24) is 10.2 Å². The Balaban J connectivity index is 1.83. The van der Waals surface area contributed by atoms with Gasteiger partial charge in [0, 0.05) is 26.7 Å². The van der Waals surface area contributed by atoms with Crippen molar-refractivity contribution in [2.24, 2.45) is 5.41 Å². The van der Waals surface area contributed by atoms with E-state index in [0.717, 1.165) is 6.42 Å². The predicted molar refractivity (Wildman–Crippen MR) is 75.9 cm³/mol. The minimum atomic E-state index is 0.0232. The molecule has 1 atom stereocenters. The Morgan fingerprint density at radius 1 is 1.28 bits per heavy atom. The van der Waals surface area contributed by atoms with Crippen molar-refractivity contribution in [1.29, 1.82) is 0 Å². The Kier molecular flexibility index (Phi) is 4.68. The molecular formula is C15H30N2O. The summed E-state index contributed by atoms with van der Waals surface area (Å²) in [5.41, 5.74) is 0.600. The van der Waals surface area contributed by atoms with Crippen LogP contribution in [0.2, 0.25) is 0 Å². The summed E-state index contributed by atoms with van der Waals surface area (Å²) >= 11 is 0. The topological polar surface area (TPSA) is 24.5 Å². The summed E-state index contributed by atoms with van der Waals surface area (Å²) < 4.78 is 5.53.